The van der Waals surface area contributed by atoms with Crippen LogP contribution >= 0.6 is 0 Å². The molecule has 1 nitrogen and oxygen atoms in total. The highest BCUT2D eigenvalue weighted by Crippen LogP contribution is 2.34. The lowest BCUT2D eigenvalue weighted by Crippen LogP contribution is -2.05. The van der Waals surface area contributed by atoms with E-state index in [1.54, 1.807) is 5.57 Å². The van der Waals surface area contributed by atoms with Gasteiger partial charge in [-0.2, -0.15) is 0 Å². The SMILES string of the molecule is CCCCCCCC1CC=C(c2ccc3cc(OCC)ccc3c2)CC1. The summed E-state index contributed by atoms with van der Waals surface area (Å²) in [6, 6.07) is 13.3. The van der Waals surface area contributed by atoms with Gasteiger partial charge in [0.2, 0.25) is 0 Å². The maximum Gasteiger partial charge on any atom is 0.119 e. The van der Waals surface area contributed by atoms with Gasteiger partial charge in [-0.25, -0.2) is 0 Å². The summed E-state index contributed by atoms with van der Waals surface area (Å²) in [6.45, 7) is 5.04. The van der Waals surface area contributed by atoms with Gasteiger partial charge in [0.25, 0.3) is 0 Å². The van der Waals surface area contributed by atoms with Crippen LogP contribution in [-0.2, 0) is 0 Å². The Balaban J connectivity index is 1.58. The zero-order valence-electron chi connectivity index (χ0n) is 16.6. The standard InChI is InChI=1S/C25H34O/c1-3-5-6-7-8-9-20-10-12-21(13-11-20)22-14-15-24-19-25(26-4-2)17-16-23(24)18-22/h12,14-20H,3-11,13H2,1-2H3. The van der Waals surface area contributed by atoms with Crippen LogP contribution in [0.25, 0.3) is 16.3 Å². The average Bonchev–Trinajstić information content (AvgIpc) is 2.68. The van der Waals surface area contributed by atoms with Crippen molar-refractivity contribution in [2.75, 3.05) is 6.61 Å². The van der Waals surface area contributed by atoms with Gasteiger partial charge in [0.05, 0.1) is 6.61 Å². The van der Waals surface area contributed by atoms with E-state index < -0.39 is 0 Å². The molecule has 1 atom stereocenters. The average molecular weight is 351 g/mol. The minimum atomic E-state index is 0.718. The van der Waals surface area contributed by atoms with E-state index in [4.69, 9.17) is 4.74 Å². The smallest absolute Gasteiger partial charge is 0.119 e. The molecule has 3 rings (SSSR count). The first-order valence-corrected chi connectivity index (χ1v) is 10.7. The largest absolute Gasteiger partial charge is 0.494 e. The monoisotopic (exact) mass is 350 g/mol. The molecule has 2 aromatic carbocycles. The molecule has 0 fully saturated rings. The molecular weight excluding hydrogens is 316 g/mol. The van der Waals surface area contributed by atoms with Crippen LogP contribution in [-0.4, -0.2) is 6.61 Å². The van der Waals surface area contributed by atoms with Crippen molar-refractivity contribution in [2.45, 2.75) is 71.6 Å². The third kappa shape index (κ3) is 5.13. The lowest BCUT2D eigenvalue weighted by molar-refractivity contribution is 0.341. The van der Waals surface area contributed by atoms with E-state index in [0.717, 1.165) is 18.3 Å². The van der Waals surface area contributed by atoms with Crippen LogP contribution in [0.1, 0.15) is 77.2 Å². The molecule has 0 aromatic heterocycles. The summed E-state index contributed by atoms with van der Waals surface area (Å²) in [6.07, 6.45) is 14.8. The predicted molar refractivity (Wildman–Crippen MR) is 114 cm³/mol. The molecule has 0 radical (unpaired) electrons. The van der Waals surface area contributed by atoms with Crippen molar-refractivity contribution in [1.82, 2.24) is 0 Å². The molecule has 0 heterocycles. The van der Waals surface area contributed by atoms with Crippen molar-refractivity contribution in [3.05, 3.63) is 48.0 Å². The van der Waals surface area contributed by atoms with Crippen molar-refractivity contribution in [2.24, 2.45) is 5.92 Å². The van der Waals surface area contributed by atoms with E-state index >= 15 is 0 Å². The third-order valence-corrected chi connectivity index (χ3v) is 5.73. The maximum atomic E-state index is 5.61. The van der Waals surface area contributed by atoms with Gasteiger partial charge in [-0.05, 0) is 72.2 Å². The van der Waals surface area contributed by atoms with E-state index in [2.05, 4.69) is 49.4 Å². The van der Waals surface area contributed by atoms with Crippen molar-refractivity contribution in [3.8, 4) is 5.75 Å². The molecule has 1 aliphatic rings. The van der Waals surface area contributed by atoms with Crippen molar-refractivity contribution >= 4 is 16.3 Å². The van der Waals surface area contributed by atoms with Gasteiger partial charge in [-0.1, -0.05) is 69.7 Å². The topological polar surface area (TPSA) is 9.23 Å². The molecule has 0 amide bonds. The van der Waals surface area contributed by atoms with E-state index in [0.29, 0.717) is 0 Å². The van der Waals surface area contributed by atoms with Gasteiger partial charge < -0.3 is 4.74 Å². The fourth-order valence-corrected chi connectivity index (χ4v) is 4.13. The second-order valence-electron chi connectivity index (χ2n) is 7.73. The fraction of sp³-hybridized carbons (Fsp3) is 0.520. The first kappa shape index (κ1) is 19.0. The highest BCUT2D eigenvalue weighted by atomic mass is 16.5. The Bertz CT molecular complexity index is 728. The molecule has 1 unspecified atom stereocenters. The van der Waals surface area contributed by atoms with Gasteiger partial charge in [0.15, 0.2) is 0 Å². The number of hydrogen-bond acceptors (Lipinski definition) is 1. The lowest BCUT2D eigenvalue weighted by Gasteiger charge is -2.22. The number of hydrogen-bond donors (Lipinski definition) is 0. The van der Waals surface area contributed by atoms with Crippen LogP contribution in [0.3, 0.4) is 0 Å². The summed E-state index contributed by atoms with van der Waals surface area (Å²) in [7, 11) is 0. The quantitative estimate of drug-likeness (QED) is 0.419. The van der Waals surface area contributed by atoms with Gasteiger partial charge >= 0.3 is 0 Å². The molecule has 26 heavy (non-hydrogen) atoms. The Morgan fingerprint density at radius 2 is 1.73 bits per heavy atom. The highest BCUT2D eigenvalue weighted by molar-refractivity contribution is 5.87. The number of fused-ring (bicyclic) bond motifs is 1. The second-order valence-corrected chi connectivity index (χ2v) is 7.73. The fourth-order valence-electron chi connectivity index (χ4n) is 4.13. The zero-order valence-corrected chi connectivity index (χ0v) is 16.6. The molecule has 0 spiro atoms. The number of ether oxygens (including phenoxy) is 1. The Morgan fingerprint density at radius 1 is 0.923 bits per heavy atom. The minimum Gasteiger partial charge on any atom is -0.494 e. The minimum absolute atomic E-state index is 0.718. The summed E-state index contributed by atoms with van der Waals surface area (Å²) in [5.41, 5.74) is 2.95. The Labute approximate surface area is 159 Å². The summed E-state index contributed by atoms with van der Waals surface area (Å²) in [5.74, 6) is 1.88. The first-order valence-electron chi connectivity index (χ1n) is 10.7. The Morgan fingerprint density at radius 3 is 2.50 bits per heavy atom. The molecule has 140 valence electrons. The normalized spacial score (nSPS) is 17.3. The lowest BCUT2D eigenvalue weighted by atomic mass is 9.83. The van der Waals surface area contributed by atoms with Crippen LogP contribution in [0.15, 0.2) is 42.5 Å². The number of benzene rings is 2. The molecule has 1 heteroatoms. The van der Waals surface area contributed by atoms with Gasteiger partial charge in [-0.3, -0.25) is 0 Å². The van der Waals surface area contributed by atoms with Crippen molar-refractivity contribution < 1.29 is 4.74 Å². The molecule has 0 saturated heterocycles. The predicted octanol–water partition coefficient (Wildman–Crippen LogP) is 7.78. The van der Waals surface area contributed by atoms with Crippen molar-refractivity contribution in [3.63, 3.8) is 0 Å². The molecule has 0 aliphatic heterocycles. The number of allylic oxidation sites excluding steroid dienone is 2. The third-order valence-electron chi connectivity index (χ3n) is 5.73. The molecule has 2 aromatic rings. The summed E-state index contributed by atoms with van der Waals surface area (Å²) < 4.78 is 5.61. The second kappa shape index (κ2) is 9.80. The van der Waals surface area contributed by atoms with Gasteiger partial charge in [0, 0.05) is 0 Å². The Hall–Kier alpha value is -1.76. The molecule has 0 saturated carbocycles. The number of rotatable bonds is 9. The van der Waals surface area contributed by atoms with Crippen LogP contribution in [0.2, 0.25) is 0 Å². The summed E-state index contributed by atoms with van der Waals surface area (Å²) in [5, 5.41) is 2.57. The number of unbranched alkanes of at least 4 members (excludes halogenated alkanes) is 4. The van der Waals surface area contributed by atoms with Crippen molar-refractivity contribution in [1.29, 1.82) is 0 Å². The van der Waals surface area contributed by atoms with E-state index in [1.165, 1.54) is 74.1 Å². The van der Waals surface area contributed by atoms with Crippen LogP contribution in [0.5, 0.6) is 5.75 Å². The van der Waals surface area contributed by atoms with Crippen LogP contribution < -0.4 is 4.74 Å². The molecule has 0 bridgehead atoms. The summed E-state index contributed by atoms with van der Waals surface area (Å²) in [4.78, 5) is 0. The van der Waals surface area contributed by atoms with Crippen LogP contribution in [0, 0.1) is 5.92 Å². The highest BCUT2D eigenvalue weighted by Gasteiger charge is 2.15. The van der Waals surface area contributed by atoms with Crippen LogP contribution in [0.4, 0.5) is 0 Å². The first-order chi connectivity index (χ1) is 12.8. The molecular formula is C25H34O. The molecule has 1 aliphatic carbocycles. The van der Waals surface area contributed by atoms with E-state index in [9.17, 15) is 0 Å². The van der Waals surface area contributed by atoms with E-state index in [1.807, 2.05) is 6.92 Å². The molecule has 0 N–H and O–H groups in total. The summed E-state index contributed by atoms with van der Waals surface area (Å²) >= 11 is 0. The zero-order chi connectivity index (χ0) is 18.2. The van der Waals surface area contributed by atoms with E-state index in [-0.39, 0.29) is 0 Å². The Kier molecular flexibility index (Phi) is 7.17. The van der Waals surface area contributed by atoms with Gasteiger partial charge in [-0.15, -0.1) is 0 Å². The van der Waals surface area contributed by atoms with Gasteiger partial charge in [0.1, 0.15) is 5.75 Å². The maximum absolute atomic E-state index is 5.61.